The van der Waals surface area contributed by atoms with Gasteiger partial charge in [0.25, 0.3) is 0 Å². The summed E-state index contributed by atoms with van der Waals surface area (Å²) in [6.07, 6.45) is -2.69. The van der Waals surface area contributed by atoms with E-state index in [4.69, 9.17) is 5.73 Å². The molecule has 0 amide bonds. The van der Waals surface area contributed by atoms with Gasteiger partial charge in [0, 0.05) is 18.3 Å². The quantitative estimate of drug-likeness (QED) is 0.911. The highest BCUT2D eigenvalue weighted by Gasteiger charge is 2.30. The molecule has 1 heterocycles. The molecule has 1 atom stereocenters. The molecule has 0 saturated heterocycles. The normalized spacial score (nSPS) is 13.6. The van der Waals surface area contributed by atoms with Crippen molar-refractivity contribution >= 4 is 0 Å². The van der Waals surface area contributed by atoms with Gasteiger partial charge in [0.05, 0.1) is 17.8 Å². The SMILES string of the molecule is Cc1c(C(N)c2ccc(C(F)(F)F)cc2)cnn1C. The molecule has 6 heteroatoms. The number of nitrogens with two attached hydrogens (primary N) is 1. The first kappa shape index (κ1) is 13.6. The summed E-state index contributed by atoms with van der Waals surface area (Å²) in [7, 11) is 1.79. The van der Waals surface area contributed by atoms with E-state index in [0.717, 1.165) is 23.4 Å². The maximum absolute atomic E-state index is 12.5. The van der Waals surface area contributed by atoms with Gasteiger partial charge in [-0.2, -0.15) is 18.3 Å². The maximum Gasteiger partial charge on any atom is 0.416 e. The molecule has 0 fully saturated rings. The van der Waals surface area contributed by atoms with E-state index in [-0.39, 0.29) is 0 Å². The Morgan fingerprint density at radius 3 is 2.21 bits per heavy atom. The van der Waals surface area contributed by atoms with Crippen molar-refractivity contribution in [2.24, 2.45) is 12.8 Å². The third kappa shape index (κ3) is 2.63. The second kappa shape index (κ2) is 4.70. The number of alkyl halides is 3. The zero-order valence-electron chi connectivity index (χ0n) is 10.6. The van der Waals surface area contributed by atoms with Gasteiger partial charge in [-0.05, 0) is 24.6 Å². The Morgan fingerprint density at radius 2 is 1.79 bits per heavy atom. The fourth-order valence-electron chi connectivity index (χ4n) is 1.88. The summed E-state index contributed by atoms with van der Waals surface area (Å²) in [6, 6.07) is 4.41. The van der Waals surface area contributed by atoms with Crippen molar-refractivity contribution in [1.29, 1.82) is 0 Å². The molecule has 1 aromatic carbocycles. The average Bonchev–Trinajstić information content (AvgIpc) is 2.68. The standard InChI is InChI=1S/C13H14F3N3/c1-8-11(7-18-19(8)2)12(17)9-3-5-10(6-4-9)13(14,15)16/h3-7,12H,17H2,1-2H3. The van der Waals surface area contributed by atoms with E-state index in [1.54, 1.807) is 17.9 Å². The van der Waals surface area contributed by atoms with Crippen LogP contribution in [0.4, 0.5) is 13.2 Å². The number of hydrogen-bond acceptors (Lipinski definition) is 2. The molecule has 2 aromatic rings. The van der Waals surface area contributed by atoms with Crippen LogP contribution in [0.15, 0.2) is 30.5 Å². The number of aromatic nitrogens is 2. The van der Waals surface area contributed by atoms with E-state index in [0.29, 0.717) is 5.56 Å². The summed E-state index contributed by atoms with van der Waals surface area (Å²) in [6.45, 7) is 1.87. The summed E-state index contributed by atoms with van der Waals surface area (Å²) in [5, 5.41) is 4.08. The molecular weight excluding hydrogens is 255 g/mol. The number of aryl methyl sites for hydroxylation is 1. The minimum absolute atomic E-state index is 0.476. The second-order valence-electron chi connectivity index (χ2n) is 4.41. The summed E-state index contributed by atoms with van der Waals surface area (Å²) < 4.78 is 39.1. The van der Waals surface area contributed by atoms with Crippen LogP contribution in [0.3, 0.4) is 0 Å². The van der Waals surface area contributed by atoms with Crippen molar-refractivity contribution in [2.75, 3.05) is 0 Å². The van der Waals surface area contributed by atoms with Crippen molar-refractivity contribution in [3.63, 3.8) is 0 Å². The summed E-state index contributed by atoms with van der Waals surface area (Å²) >= 11 is 0. The van der Waals surface area contributed by atoms with E-state index in [1.807, 2.05) is 6.92 Å². The topological polar surface area (TPSA) is 43.8 Å². The number of nitrogens with zero attached hydrogens (tertiary/aromatic N) is 2. The zero-order valence-corrected chi connectivity index (χ0v) is 10.6. The summed E-state index contributed by atoms with van der Waals surface area (Å²) in [5.41, 5.74) is 7.71. The van der Waals surface area contributed by atoms with Crippen LogP contribution in [0.25, 0.3) is 0 Å². The first-order valence-electron chi connectivity index (χ1n) is 5.72. The predicted octanol–water partition coefficient (Wildman–Crippen LogP) is 2.80. The molecule has 0 saturated carbocycles. The first-order chi connectivity index (χ1) is 8.80. The van der Waals surface area contributed by atoms with Crippen LogP contribution in [-0.2, 0) is 13.2 Å². The number of benzene rings is 1. The smallest absolute Gasteiger partial charge is 0.320 e. The molecule has 102 valence electrons. The van der Waals surface area contributed by atoms with Crippen LogP contribution in [0.1, 0.15) is 28.4 Å². The third-order valence-corrected chi connectivity index (χ3v) is 3.21. The largest absolute Gasteiger partial charge is 0.416 e. The van der Waals surface area contributed by atoms with Crippen molar-refractivity contribution in [2.45, 2.75) is 19.1 Å². The zero-order chi connectivity index (χ0) is 14.2. The van der Waals surface area contributed by atoms with Crippen molar-refractivity contribution in [3.05, 3.63) is 52.8 Å². The van der Waals surface area contributed by atoms with Gasteiger partial charge in [-0.1, -0.05) is 12.1 Å². The minimum atomic E-state index is -4.33. The molecule has 2 rings (SSSR count). The lowest BCUT2D eigenvalue weighted by Gasteiger charge is -2.13. The molecule has 1 aromatic heterocycles. The highest BCUT2D eigenvalue weighted by Crippen LogP contribution is 2.30. The fraction of sp³-hybridized carbons (Fsp3) is 0.308. The van der Waals surface area contributed by atoms with Crippen LogP contribution in [0.2, 0.25) is 0 Å². The molecule has 2 N–H and O–H groups in total. The molecule has 0 spiro atoms. The number of rotatable bonds is 2. The lowest BCUT2D eigenvalue weighted by Crippen LogP contribution is -2.13. The van der Waals surface area contributed by atoms with E-state index < -0.39 is 17.8 Å². The monoisotopic (exact) mass is 269 g/mol. The van der Waals surface area contributed by atoms with E-state index in [1.165, 1.54) is 12.1 Å². The lowest BCUT2D eigenvalue weighted by molar-refractivity contribution is -0.137. The number of hydrogen-bond donors (Lipinski definition) is 1. The molecule has 0 aliphatic rings. The van der Waals surface area contributed by atoms with Crippen molar-refractivity contribution in [1.82, 2.24) is 9.78 Å². The molecular formula is C13H14F3N3. The Morgan fingerprint density at radius 1 is 1.21 bits per heavy atom. The Bertz CT molecular complexity index is 570. The lowest BCUT2D eigenvalue weighted by atomic mass is 9.99. The van der Waals surface area contributed by atoms with Gasteiger partial charge in [0.15, 0.2) is 0 Å². The number of halogens is 3. The van der Waals surface area contributed by atoms with E-state index in [9.17, 15) is 13.2 Å². The Hall–Kier alpha value is -1.82. The molecule has 0 bridgehead atoms. The van der Waals surface area contributed by atoms with Gasteiger partial charge in [-0.3, -0.25) is 4.68 Å². The second-order valence-corrected chi connectivity index (χ2v) is 4.41. The average molecular weight is 269 g/mol. The molecule has 1 unspecified atom stereocenters. The van der Waals surface area contributed by atoms with Gasteiger partial charge in [0.2, 0.25) is 0 Å². The third-order valence-electron chi connectivity index (χ3n) is 3.21. The van der Waals surface area contributed by atoms with Crippen molar-refractivity contribution in [3.8, 4) is 0 Å². The Labute approximate surface area is 108 Å². The summed E-state index contributed by atoms with van der Waals surface area (Å²) in [5.74, 6) is 0. The minimum Gasteiger partial charge on any atom is -0.320 e. The van der Waals surface area contributed by atoms with Gasteiger partial charge >= 0.3 is 6.18 Å². The van der Waals surface area contributed by atoms with Gasteiger partial charge in [0.1, 0.15) is 0 Å². The van der Waals surface area contributed by atoms with Gasteiger partial charge in [-0.15, -0.1) is 0 Å². The van der Waals surface area contributed by atoms with Crippen LogP contribution >= 0.6 is 0 Å². The predicted molar refractivity (Wildman–Crippen MR) is 65.4 cm³/mol. The van der Waals surface area contributed by atoms with Crippen LogP contribution < -0.4 is 5.73 Å². The molecule has 3 nitrogen and oxygen atoms in total. The van der Waals surface area contributed by atoms with Crippen molar-refractivity contribution < 1.29 is 13.2 Å². The van der Waals surface area contributed by atoms with E-state index >= 15 is 0 Å². The first-order valence-corrected chi connectivity index (χ1v) is 5.72. The Balaban J connectivity index is 2.30. The van der Waals surface area contributed by atoms with Crippen LogP contribution in [-0.4, -0.2) is 9.78 Å². The Kier molecular flexibility index (Phi) is 3.36. The molecule has 0 aliphatic carbocycles. The maximum atomic E-state index is 12.5. The van der Waals surface area contributed by atoms with Crippen LogP contribution in [0.5, 0.6) is 0 Å². The molecule has 0 radical (unpaired) electrons. The molecule has 0 aliphatic heterocycles. The van der Waals surface area contributed by atoms with E-state index in [2.05, 4.69) is 5.10 Å². The van der Waals surface area contributed by atoms with Crippen LogP contribution in [0, 0.1) is 6.92 Å². The van der Waals surface area contributed by atoms with Gasteiger partial charge in [-0.25, -0.2) is 0 Å². The fourth-order valence-corrected chi connectivity index (χ4v) is 1.88. The van der Waals surface area contributed by atoms with Gasteiger partial charge < -0.3 is 5.73 Å². The summed E-state index contributed by atoms with van der Waals surface area (Å²) in [4.78, 5) is 0. The molecule has 19 heavy (non-hydrogen) atoms. The highest BCUT2D eigenvalue weighted by atomic mass is 19.4. The highest BCUT2D eigenvalue weighted by molar-refractivity contribution is 5.34.